The van der Waals surface area contributed by atoms with E-state index in [2.05, 4.69) is 15.9 Å². The summed E-state index contributed by atoms with van der Waals surface area (Å²) in [4.78, 5) is 16.1. The third kappa shape index (κ3) is 3.88. The van der Waals surface area contributed by atoms with E-state index < -0.39 is 0 Å². The van der Waals surface area contributed by atoms with Gasteiger partial charge >= 0.3 is 5.97 Å². The van der Waals surface area contributed by atoms with Gasteiger partial charge in [-0.1, -0.05) is 19.1 Å². The quantitative estimate of drug-likeness (QED) is 0.772. The summed E-state index contributed by atoms with van der Waals surface area (Å²) in [5.74, 6) is 0.698. The number of anilines is 1. The Morgan fingerprint density at radius 3 is 2.48 bits per heavy atom. The summed E-state index contributed by atoms with van der Waals surface area (Å²) in [6.45, 7) is 6.44. The van der Waals surface area contributed by atoms with Crippen LogP contribution in [0.4, 0.5) is 5.69 Å². The Balaban J connectivity index is 1.90. The number of nitrogens with zero attached hydrogens (tertiary/aromatic N) is 2. The molecule has 5 heteroatoms. The zero-order valence-corrected chi connectivity index (χ0v) is 13.0. The largest absolute Gasteiger partial charge is 0.495 e. The fourth-order valence-corrected chi connectivity index (χ4v) is 2.73. The van der Waals surface area contributed by atoms with E-state index in [1.165, 1.54) is 7.11 Å². The molecule has 1 unspecified atom stereocenters. The van der Waals surface area contributed by atoms with E-state index >= 15 is 0 Å². The van der Waals surface area contributed by atoms with Crippen LogP contribution in [0.5, 0.6) is 5.75 Å². The summed E-state index contributed by atoms with van der Waals surface area (Å²) in [5.41, 5.74) is 1.14. The summed E-state index contributed by atoms with van der Waals surface area (Å²) >= 11 is 0. The number of carbonyl (C=O) groups excluding carboxylic acids is 1. The van der Waals surface area contributed by atoms with Crippen molar-refractivity contribution in [3.05, 3.63) is 24.3 Å². The fourth-order valence-electron chi connectivity index (χ4n) is 2.73. The third-order valence-electron chi connectivity index (χ3n) is 3.93. The van der Waals surface area contributed by atoms with Gasteiger partial charge in [-0.15, -0.1) is 0 Å². The third-order valence-corrected chi connectivity index (χ3v) is 3.93. The number of hydrogen-bond donors (Lipinski definition) is 0. The minimum Gasteiger partial charge on any atom is -0.495 e. The van der Waals surface area contributed by atoms with Crippen molar-refractivity contribution >= 4 is 11.7 Å². The van der Waals surface area contributed by atoms with Gasteiger partial charge in [0.25, 0.3) is 0 Å². The average Bonchev–Trinajstić information content (AvgIpc) is 2.54. The lowest BCUT2D eigenvalue weighted by Crippen LogP contribution is -2.48. The molecule has 1 fully saturated rings. The number of methoxy groups -OCH3 is 2. The zero-order valence-electron chi connectivity index (χ0n) is 13.0. The Morgan fingerprint density at radius 2 is 1.86 bits per heavy atom. The lowest BCUT2D eigenvalue weighted by molar-refractivity contribution is -0.145. The molecular weight excluding hydrogens is 268 g/mol. The minimum absolute atomic E-state index is 0.0761. The number of carbonyl (C=O) groups is 1. The molecule has 5 nitrogen and oxygen atoms in total. The van der Waals surface area contributed by atoms with E-state index in [1.54, 1.807) is 7.11 Å². The number of hydrogen-bond acceptors (Lipinski definition) is 5. The molecule has 1 saturated heterocycles. The highest BCUT2D eigenvalue weighted by Gasteiger charge is 2.23. The van der Waals surface area contributed by atoms with Gasteiger partial charge in [0.05, 0.1) is 25.8 Å². The fraction of sp³-hybridized carbons (Fsp3) is 0.562. The Labute approximate surface area is 126 Å². The summed E-state index contributed by atoms with van der Waals surface area (Å²) in [6, 6.07) is 8.09. The van der Waals surface area contributed by atoms with Gasteiger partial charge in [-0.2, -0.15) is 0 Å². The van der Waals surface area contributed by atoms with Gasteiger partial charge in [0.1, 0.15) is 5.75 Å². The summed E-state index contributed by atoms with van der Waals surface area (Å²) in [5, 5.41) is 0. The number of ether oxygens (including phenoxy) is 2. The Kier molecular flexibility index (Phi) is 5.44. The molecule has 21 heavy (non-hydrogen) atoms. The van der Waals surface area contributed by atoms with Crippen LogP contribution in [-0.4, -0.2) is 57.8 Å². The molecule has 0 aromatic heterocycles. The highest BCUT2D eigenvalue weighted by atomic mass is 16.5. The van der Waals surface area contributed by atoms with Crippen molar-refractivity contribution in [1.29, 1.82) is 0 Å². The summed E-state index contributed by atoms with van der Waals surface area (Å²) in [7, 11) is 3.14. The first-order chi connectivity index (χ1) is 10.2. The molecule has 0 aliphatic carbocycles. The van der Waals surface area contributed by atoms with Crippen molar-refractivity contribution in [3.63, 3.8) is 0 Å². The molecule has 0 amide bonds. The molecule has 0 spiro atoms. The average molecular weight is 292 g/mol. The van der Waals surface area contributed by atoms with Crippen LogP contribution in [0.15, 0.2) is 24.3 Å². The van der Waals surface area contributed by atoms with Crippen molar-refractivity contribution in [2.45, 2.75) is 6.92 Å². The van der Waals surface area contributed by atoms with Gasteiger partial charge in [-0.05, 0) is 12.1 Å². The first-order valence-corrected chi connectivity index (χ1v) is 7.34. The van der Waals surface area contributed by atoms with E-state index in [0.717, 1.165) is 44.2 Å². The van der Waals surface area contributed by atoms with Crippen LogP contribution in [0.3, 0.4) is 0 Å². The van der Waals surface area contributed by atoms with Gasteiger partial charge < -0.3 is 14.4 Å². The summed E-state index contributed by atoms with van der Waals surface area (Å²) in [6.07, 6.45) is 0. The van der Waals surface area contributed by atoms with Crippen molar-refractivity contribution in [1.82, 2.24) is 4.90 Å². The molecule has 1 aliphatic rings. The second-order valence-electron chi connectivity index (χ2n) is 5.38. The SMILES string of the molecule is COC(=O)C(C)CN1CCN(c2ccccc2OC)CC1. The molecule has 0 bridgehead atoms. The maximum Gasteiger partial charge on any atom is 0.309 e. The van der Waals surface area contributed by atoms with Crippen molar-refractivity contribution in [2.75, 3.05) is 51.8 Å². The lowest BCUT2D eigenvalue weighted by Gasteiger charge is -2.37. The van der Waals surface area contributed by atoms with Gasteiger partial charge in [0.15, 0.2) is 0 Å². The number of para-hydroxylation sites is 2. The van der Waals surface area contributed by atoms with Crippen molar-refractivity contribution in [2.24, 2.45) is 5.92 Å². The van der Waals surface area contributed by atoms with E-state index in [9.17, 15) is 4.79 Å². The minimum atomic E-state index is -0.137. The number of esters is 1. The van der Waals surface area contributed by atoms with E-state index in [-0.39, 0.29) is 11.9 Å². The predicted octanol–water partition coefficient (Wildman–Crippen LogP) is 1.63. The smallest absolute Gasteiger partial charge is 0.309 e. The summed E-state index contributed by atoms with van der Waals surface area (Å²) < 4.78 is 10.2. The Bertz CT molecular complexity index is 470. The molecule has 0 saturated carbocycles. The van der Waals surface area contributed by atoms with Gasteiger partial charge in [0.2, 0.25) is 0 Å². The second-order valence-corrected chi connectivity index (χ2v) is 5.38. The van der Waals surface area contributed by atoms with Crippen LogP contribution < -0.4 is 9.64 Å². The predicted molar refractivity (Wildman–Crippen MR) is 82.8 cm³/mol. The van der Waals surface area contributed by atoms with Crippen LogP contribution in [0.2, 0.25) is 0 Å². The molecule has 116 valence electrons. The van der Waals surface area contributed by atoms with Gasteiger partial charge in [-0.25, -0.2) is 0 Å². The molecule has 0 N–H and O–H groups in total. The Hall–Kier alpha value is -1.75. The van der Waals surface area contributed by atoms with Gasteiger partial charge in [0, 0.05) is 32.7 Å². The standard InChI is InChI=1S/C16H24N2O3/c1-13(16(19)21-3)12-17-8-10-18(11-9-17)14-6-4-5-7-15(14)20-2/h4-7,13H,8-12H2,1-3H3. The zero-order chi connectivity index (χ0) is 15.2. The number of piperazine rings is 1. The van der Waals surface area contributed by atoms with E-state index in [4.69, 9.17) is 9.47 Å². The number of benzene rings is 1. The van der Waals surface area contributed by atoms with E-state index in [1.807, 2.05) is 25.1 Å². The molecular formula is C16H24N2O3. The first-order valence-electron chi connectivity index (χ1n) is 7.34. The molecule has 1 aromatic carbocycles. The topological polar surface area (TPSA) is 42.0 Å². The molecule has 0 radical (unpaired) electrons. The molecule has 2 rings (SSSR count). The van der Waals surface area contributed by atoms with Crippen LogP contribution >= 0.6 is 0 Å². The first kappa shape index (κ1) is 15.6. The van der Waals surface area contributed by atoms with Crippen LogP contribution in [-0.2, 0) is 9.53 Å². The molecule has 1 aliphatic heterocycles. The monoisotopic (exact) mass is 292 g/mol. The van der Waals surface area contributed by atoms with Gasteiger partial charge in [-0.3, -0.25) is 9.69 Å². The molecule has 1 aromatic rings. The van der Waals surface area contributed by atoms with Crippen LogP contribution in [0, 0.1) is 5.92 Å². The highest BCUT2D eigenvalue weighted by Crippen LogP contribution is 2.28. The molecule has 1 heterocycles. The van der Waals surface area contributed by atoms with Crippen LogP contribution in [0.25, 0.3) is 0 Å². The van der Waals surface area contributed by atoms with Crippen LogP contribution in [0.1, 0.15) is 6.92 Å². The highest BCUT2D eigenvalue weighted by molar-refractivity contribution is 5.72. The van der Waals surface area contributed by atoms with Crippen molar-refractivity contribution < 1.29 is 14.3 Å². The molecule has 1 atom stereocenters. The number of rotatable bonds is 5. The van der Waals surface area contributed by atoms with E-state index in [0.29, 0.717) is 0 Å². The van der Waals surface area contributed by atoms with Crippen molar-refractivity contribution in [3.8, 4) is 5.75 Å². The Morgan fingerprint density at radius 1 is 1.19 bits per heavy atom. The second kappa shape index (κ2) is 7.31. The maximum atomic E-state index is 11.5. The lowest BCUT2D eigenvalue weighted by atomic mass is 10.1. The normalized spacial score (nSPS) is 17.4. The maximum absolute atomic E-state index is 11.5.